The third kappa shape index (κ3) is 3.53. The summed E-state index contributed by atoms with van der Waals surface area (Å²) in [6.07, 6.45) is 3.24. The number of nitrogens with one attached hydrogen (secondary N) is 1. The first-order valence-corrected chi connectivity index (χ1v) is 9.27. The molecule has 3 heterocycles. The fourth-order valence-electron chi connectivity index (χ4n) is 3.48. The lowest BCUT2D eigenvalue weighted by atomic mass is 10.2. The number of hydrogen-bond acceptors (Lipinski definition) is 5. The van der Waals surface area contributed by atoms with E-state index in [4.69, 9.17) is 0 Å². The molecule has 2 amide bonds. The SMILES string of the molecule is Cc1ncn2c1N(C)C(=O)[C@H](NC(=O)c1ncn(Cc3c(F)cccc3F)n1)CC2. The summed E-state index contributed by atoms with van der Waals surface area (Å²) in [6, 6.07) is 2.79. The van der Waals surface area contributed by atoms with Gasteiger partial charge >= 0.3 is 0 Å². The summed E-state index contributed by atoms with van der Waals surface area (Å²) in [5.74, 6) is -1.85. The maximum absolute atomic E-state index is 13.8. The van der Waals surface area contributed by atoms with Gasteiger partial charge in [-0.1, -0.05) is 6.07 Å². The van der Waals surface area contributed by atoms with Gasteiger partial charge in [0.1, 0.15) is 29.8 Å². The lowest BCUT2D eigenvalue weighted by molar-refractivity contribution is -0.120. The fraction of sp³-hybridized carbons (Fsp3) is 0.316. The van der Waals surface area contributed by atoms with Crippen molar-refractivity contribution in [1.82, 2.24) is 29.6 Å². The predicted molar refractivity (Wildman–Crippen MR) is 102 cm³/mol. The van der Waals surface area contributed by atoms with Crippen molar-refractivity contribution in [2.75, 3.05) is 11.9 Å². The Kier molecular flexibility index (Phi) is 5.02. The van der Waals surface area contributed by atoms with Crippen molar-refractivity contribution in [3.8, 4) is 0 Å². The zero-order chi connectivity index (χ0) is 21.4. The van der Waals surface area contributed by atoms with Gasteiger partial charge in [0.05, 0.1) is 18.6 Å². The van der Waals surface area contributed by atoms with Crippen LogP contribution >= 0.6 is 0 Å². The Balaban J connectivity index is 1.47. The van der Waals surface area contributed by atoms with Gasteiger partial charge in [-0.3, -0.25) is 14.5 Å². The van der Waals surface area contributed by atoms with Crippen molar-refractivity contribution < 1.29 is 18.4 Å². The highest BCUT2D eigenvalue weighted by Gasteiger charge is 2.31. The Morgan fingerprint density at radius 1 is 1.23 bits per heavy atom. The number of rotatable bonds is 4. The molecule has 1 atom stereocenters. The number of carbonyl (C=O) groups excluding carboxylic acids is 2. The molecule has 0 saturated heterocycles. The summed E-state index contributed by atoms with van der Waals surface area (Å²) < 4.78 is 30.6. The van der Waals surface area contributed by atoms with Gasteiger partial charge < -0.3 is 9.88 Å². The van der Waals surface area contributed by atoms with E-state index < -0.39 is 23.6 Å². The van der Waals surface area contributed by atoms with Gasteiger partial charge in [0.15, 0.2) is 0 Å². The number of carbonyl (C=O) groups is 2. The smallest absolute Gasteiger partial charge is 0.291 e. The minimum Gasteiger partial charge on any atom is -0.337 e. The number of aromatic nitrogens is 5. The molecule has 0 aliphatic carbocycles. The molecule has 4 rings (SSSR count). The molecule has 0 fully saturated rings. The number of amides is 2. The number of fused-ring (bicyclic) bond motifs is 1. The molecule has 0 radical (unpaired) electrons. The van der Waals surface area contributed by atoms with Crippen molar-refractivity contribution in [3.05, 3.63) is 59.6 Å². The van der Waals surface area contributed by atoms with Crippen LogP contribution in [-0.2, 0) is 17.9 Å². The van der Waals surface area contributed by atoms with Gasteiger partial charge in [-0.05, 0) is 25.5 Å². The summed E-state index contributed by atoms with van der Waals surface area (Å²) in [7, 11) is 1.63. The summed E-state index contributed by atoms with van der Waals surface area (Å²) in [5.41, 5.74) is 0.541. The molecule has 1 aromatic carbocycles. The number of aryl methyl sites for hydroxylation is 2. The van der Waals surface area contributed by atoms with Crippen molar-refractivity contribution in [3.63, 3.8) is 0 Å². The van der Waals surface area contributed by atoms with E-state index in [1.807, 2.05) is 11.5 Å². The Bertz CT molecular complexity index is 1100. The number of nitrogens with zero attached hydrogens (tertiary/aromatic N) is 6. The third-order valence-electron chi connectivity index (χ3n) is 5.02. The Morgan fingerprint density at radius 2 is 1.97 bits per heavy atom. The first kappa shape index (κ1) is 19.7. The van der Waals surface area contributed by atoms with Crippen LogP contribution < -0.4 is 10.2 Å². The van der Waals surface area contributed by atoms with E-state index in [0.717, 1.165) is 22.5 Å². The quantitative estimate of drug-likeness (QED) is 0.692. The average Bonchev–Trinajstić information content (AvgIpc) is 3.31. The lowest BCUT2D eigenvalue weighted by Gasteiger charge is -2.20. The average molecular weight is 415 g/mol. The molecule has 0 spiro atoms. The second-order valence-corrected chi connectivity index (χ2v) is 7.02. The van der Waals surface area contributed by atoms with E-state index in [2.05, 4.69) is 20.4 Å². The number of imidazole rings is 1. The van der Waals surface area contributed by atoms with E-state index in [9.17, 15) is 18.4 Å². The van der Waals surface area contributed by atoms with Gasteiger partial charge in [0, 0.05) is 19.2 Å². The summed E-state index contributed by atoms with van der Waals surface area (Å²) in [5, 5.41) is 6.63. The second kappa shape index (κ2) is 7.65. The molecule has 30 heavy (non-hydrogen) atoms. The Morgan fingerprint density at radius 3 is 2.70 bits per heavy atom. The molecule has 1 aliphatic heterocycles. The van der Waals surface area contributed by atoms with E-state index in [1.54, 1.807) is 13.4 Å². The standard InChI is InChI=1S/C19H19F2N7O2/c1-11-18-26(2)19(30)15(6-7-27(18)9-22-11)24-17(29)16-23-10-28(25-16)8-12-13(20)4-3-5-14(12)21/h3-5,9-10,15H,6-8H2,1-2H3,(H,24,29)/t15-/m1/s1. The number of likely N-dealkylation sites (N-methyl/N-ethyl adjacent to an activating group) is 1. The molecule has 1 aliphatic rings. The summed E-state index contributed by atoms with van der Waals surface area (Å²) >= 11 is 0. The predicted octanol–water partition coefficient (Wildman–Crippen LogP) is 1.27. The molecular formula is C19H19F2N7O2. The molecule has 0 unspecified atom stereocenters. The van der Waals surface area contributed by atoms with E-state index in [0.29, 0.717) is 18.8 Å². The van der Waals surface area contributed by atoms with Crippen LogP contribution in [0.2, 0.25) is 0 Å². The molecular weight excluding hydrogens is 396 g/mol. The fourth-order valence-corrected chi connectivity index (χ4v) is 3.48. The summed E-state index contributed by atoms with van der Waals surface area (Å²) in [6.45, 7) is 2.10. The van der Waals surface area contributed by atoms with Gasteiger partial charge in [-0.15, -0.1) is 5.10 Å². The molecule has 3 aromatic rings. The highest BCUT2D eigenvalue weighted by molar-refractivity contribution is 6.01. The van der Waals surface area contributed by atoms with Crippen molar-refractivity contribution in [1.29, 1.82) is 0 Å². The van der Waals surface area contributed by atoms with Crippen molar-refractivity contribution in [2.45, 2.75) is 32.5 Å². The van der Waals surface area contributed by atoms with Crippen LogP contribution in [0.1, 0.15) is 28.3 Å². The summed E-state index contributed by atoms with van der Waals surface area (Å²) in [4.78, 5) is 34.9. The number of hydrogen-bond donors (Lipinski definition) is 1. The van der Waals surface area contributed by atoms with E-state index in [1.165, 1.54) is 17.3 Å². The molecule has 156 valence electrons. The number of halogens is 2. The largest absolute Gasteiger partial charge is 0.337 e. The Labute approximate surface area is 170 Å². The van der Waals surface area contributed by atoms with Crippen molar-refractivity contribution in [2.24, 2.45) is 0 Å². The van der Waals surface area contributed by atoms with Crippen LogP contribution in [0, 0.1) is 18.6 Å². The minimum atomic E-state index is -0.766. The maximum atomic E-state index is 13.8. The first-order chi connectivity index (χ1) is 14.3. The highest BCUT2D eigenvalue weighted by Crippen LogP contribution is 2.23. The van der Waals surface area contributed by atoms with Gasteiger partial charge in [0.2, 0.25) is 5.82 Å². The van der Waals surface area contributed by atoms with Crippen LogP contribution in [0.25, 0.3) is 0 Å². The van der Waals surface area contributed by atoms with E-state index >= 15 is 0 Å². The number of anilines is 1. The highest BCUT2D eigenvalue weighted by atomic mass is 19.1. The zero-order valence-electron chi connectivity index (χ0n) is 16.3. The minimum absolute atomic E-state index is 0.180. The maximum Gasteiger partial charge on any atom is 0.291 e. The van der Waals surface area contributed by atoms with E-state index in [-0.39, 0.29) is 23.8 Å². The van der Waals surface area contributed by atoms with Crippen LogP contribution in [0.4, 0.5) is 14.6 Å². The number of benzene rings is 1. The monoisotopic (exact) mass is 415 g/mol. The lowest BCUT2D eigenvalue weighted by Crippen LogP contribution is -2.47. The van der Waals surface area contributed by atoms with Crippen LogP contribution in [0.15, 0.2) is 30.9 Å². The van der Waals surface area contributed by atoms with Crippen molar-refractivity contribution >= 4 is 17.6 Å². The topological polar surface area (TPSA) is 97.9 Å². The Hall–Kier alpha value is -3.63. The third-order valence-corrected chi connectivity index (χ3v) is 5.02. The molecule has 2 aromatic heterocycles. The van der Waals surface area contributed by atoms with Crippen LogP contribution in [-0.4, -0.2) is 49.2 Å². The van der Waals surface area contributed by atoms with Gasteiger partial charge in [0.25, 0.3) is 11.8 Å². The molecule has 0 bridgehead atoms. The van der Waals surface area contributed by atoms with Gasteiger partial charge in [-0.25, -0.2) is 23.4 Å². The second-order valence-electron chi connectivity index (χ2n) is 7.02. The first-order valence-electron chi connectivity index (χ1n) is 9.27. The molecule has 1 N–H and O–H groups in total. The molecule has 0 saturated carbocycles. The zero-order valence-corrected chi connectivity index (χ0v) is 16.3. The van der Waals surface area contributed by atoms with Crippen LogP contribution in [0.5, 0.6) is 0 Å². The molecule has 11 heteroatoms. The van der Waals surface area contributed by atoms with Crippen LogP contribution in [0.3, 0.4) is 0 Å². The molecule has 9 nitrogen and oxygen atoms in total. The normalized spacial score (nSPS) is 16.3. The van der Waals surface area contributed by atoms with Gasteiger partial charge in [-0.2, -0.15) is 0 Å².